The molecule has 0 saturated carbocycles. The van der Waals surface area contributed by atoms with Crippen LogP contribution in [0.2, 0.25) is 0 Å². The molecule has 0 aliphatic carbocycles. The van der Waals surface area contributed by atoms with Crippen molar-refractivity contribution in [2.24, 2.45) is 11.7 Å². The van der Waals surface area contributed by atoms with E-state index >= 15 is 0 Å². The molecule has 4 atom stereocenters. The highest BCUT2D eigenvalue weighted by atomic mass is 33.1. The molecule has 1 aliphatic rings. The Kier molecular flexibility index (Phi) is 16.5. The number of fused-ring (bicyclic) bond motifs is 1. The number of Topliss-reactive ketones (excluding diaryl/α,β-unsaturated/α-hetero) is 2. The van der Waals surface area contributed by atoms with E-state index in [2.05, 4.69) is 20.9 Å². The number of nitrogens with one attached hydrogen (secondary N) is 4. The zero-order valence-corrected chi connectivity index (χ0v) is 29.9. The number of carbonyl (C=O) groups is 6. The predicted octanol–water partition coefficient (Wildman–Crippen LogP) is 4.52. The van der Waals surface area contributed by atoms with Crippen molar-refractivity contribution in [2.45, 2.75) is 121 Å². The van der Waals surface area contributed by atoms with Crippen molar-refractivity contribution >= 4 is 67.7 Å². The van der Waals surface area contributed by atoms with Gasteiger partial charge in [-0.15, -0.1) is 0 Å². The van der Waals surface area contributed by atoms with Crippen LogP contribution >= 0.6 is 21.6 Å². The maximum absolute atomic E-state index is 13.7. The first kappa shape index (κ1) is 39.1. The molecule has 1 aliphatic heterocycles. The lowest BCUT2D eigenvalue weighted by Crippen LogP contribution is -2.52. The number of hydrogen-bond acceptors (Lipinski definition) is 8. The van der Waals surface area contributed by atoms with Gasteiger partial charge in [0.05, 0.1) is 12.1 Å². The first-order valence-electron chi connectivity index (χ1n) is 17.0. The molecule has 0 spiro atoms. The third-order valence-electron chi connectivity index (χ3n) is 8.47. The Morgan fingerprint density at radius 2 is 1.65 bits per heavy atom. The van der Waals surface area contributed by atoms with Gasteiger partial charge in [0.2, 0.25) is 23.6 Å². The van der Waals surface area contributed by atoms with E-state index in [1.165, 1.54) is 6.42 Å². The van der Waals surface area contributed by atoms with E-state index in [-0.39, 0.29) is 61.9 Å². The van der Waals surface area contributed by atoms with Crippen LogP contribution < -0.4 is 21.7 Å². The summed E-state index contributed by atoms with van der Waals surface area (Å²) in [7, 11) is 3.78. The molecule has 1 saturated heterocycles. The highest BCUT2D eigenvalue weighted by Gasteiger charge is 2.29. The Labute approximate surface area is 291 Å². The van der Waals surface area contributed by atoms with Crippen molar-refractivity contribution in [3.05, 3.63) is 36.0 Å². The maximum Gasteiger partial charge on any atom is 0.243 e. The molecule has 6 N–H and O–H groups in total. The van der Waals surface area contributed by atoms with Crippen LogP contribution in [0.1, 0.15) is 97.0 Å². The van der Waals surface area contributed by atoms with Crippen LogP contribution in [0, 0.1) is 5.92 Å². The second-order valence-corrected chi connectivity index (χ2v) is 15.6. The van der Waals surface area contributed by atoms with Crippen molar-refractivity contribution < 1.29 is 28.8 Å². The van der Waals surface area contributed by atoms with Gasteiger partial charge in [-0.05, 0) is 49.7 Å². The van der Waals surface area contributed by atoms with Crippen LogP contribution in [0.15, 0.2) is 30.5 Å². The second kappa shape index (κ2) is 20.3. The average Bonchev–Trinajstić information content (AvgIpc) is 3.72. The summed E-state index contributed by atoms with van der Waals surface area (Å²) in [5, 5.41) is 9.86. The van der Waals surface area contributed by atoms with Crippen LogP contribution in [-0.2, 0) is 35.2 Å². The van der Waals surface area contributed by atoms with E-state index in [9.17, 15) is 28.8 Å². The van der Waals surface area contributed by atoms with Gasteiger partial charge in [-0.1, -0.05) is 67.0 Å². The van der Waals surface area contributed by atoms with Gasteiger partial charge in [0, 0.05) is 66.6 Å². The highest BCUT2D eigenvalue weighted by molar-refractivity contribution is 8.77. The number of benzene rings is 1. The van der Waals surface area contributed by atoms with Gasteiger partial charge in [0.15, 0.2) is 11.6 Å². The molecule has 1 aromatic heterocycles. The number of primary amides is 1. The number of hydrogen-bond donors (Lipinski definition) is 5. The first-order valence-corrected chi connectivity index (χ1v) is 19.4. The first-order chi connectivity index (χ1) is 23.0. The molecule has 2 aromatic rings. The van der Waals surface area contributed by atoms with Crippen LogP contribution in [0.5, 0.6) is 0 Å². The van der Waals surface area contributed by atoms with E-state index in [0.29, 0.717) is 24.5 Å². The standard InChI is InChI=1S/C35H51N5O6S2/c1-4-9-30(42)34(22(2)3)40-33(45)17-15-29(41)28(20-23-21-37-26-12-7-6-11-25(23)26)39-35(46)27(14-16-31(36)43)38-32(44)13-8-5-10-24-18-19-47-48-24/h6-7,11-12,21-22,24,27-28,34,37H,4-5,8-10,13-20H2,1-3H3,(H2,36,43)(H,38,44)(H,39,46)(H,40,45). The van der Waals surface area contributed by atoms with Gasteiger partial charge in [0.1, 0.15) is 6.04 Å². The van der Waals surface area contributed by atoms with Gasteiger partial charge in [-0.3, -0.25) is 28.8 Å². The largest absolute Gasteiger partial charge is 0.370 e. The zero-order valence-electron chi connectivity index (χ0n) is 28.3. The minimum absolute atomic E-state index is 0.0123. The topological polar surface area (TPSA) is 180 Å². The molecule has 11 nitrogen and oxygen atoms in total. The van der Waals surface area contributed by atoms with Gasteiger partial charge < -0.3 is 26.7 Å². The van der Waals surface area contributed by atoms with Gasteiger partial charge >= 0.3 is 0 Å². The molecule has 264 valence electrons. The second-order valence-electron chi connectivity index (χ2n) is 12.8. The molecular weight excluding hydrogens is 651 g/mol. The number of aromatic nitrogens is 1. The van der Waals surface area contributed by atoms with E-state index in [4.69, 9.17) is 5.73 Å². The van der Waals surface area contributed by atoms with Crippen molar-refractivity contribution in [3.8, 4) is 0 Å². The summed E-state index contributed by atoms with van der Waals surface area (Å²) < 4.78 is 0. The summed E-state index contributed by atoms with van der Waals surface area (Å²) in [4.78, 5) is 80.4. The summed E-state index contributed by atoms with van der Waals surface area (Å²) in [5.74, 6) is -1.29. The van der Waals surface area contributed by atoms with E-state index in [1.807, 2.05) is 66.6 Å². The molecule has 0 radical (unpaired) electrons. The van der Waals surface area contributed by atoms with Gasteiger partial charge in [-0.25, -0.2) is 0 Å². The molecule has 4 unspecified atom stereocenters. The summed E-state index contributed by atoms with van der Waals surface area (Å²) >= 11 is 0. The van der Waals surface area contributed by atoms with Crippen molar-refractivity contribution in [2.75, 3.05) is 5.75 Å². The van der Waals surface area contributed by atoms with E-state index < -0.39 is 35.8 Å². The number of rotatable bonds is 22. The molecule has 13 heteroatoms. The fourth-order valence-corrected chi connectivity index (χ4v) is 8.79. The van der Waals surface area contributed by atoms with Crippen LogP contribution in [0.3, 0.4) is 0 Å². The van der Waals surface area contributed by atoms with E-state index in [0.717, 1.165) is 35.1 Å². The molecule has 1 fully saturated rings. The lowest BCUT2D eigenvalue weighted by Gasteiger charge is -2.23. The zero-order chi connectivity index (χ0) is 35.1. The Morgan fingerprint density at radius 1 is 0.896 bits per heavy atom. The van der Waals surface area contributed by atoms with E-state index in [1.54, 1.807) is 6.20 Å². The Morgan fingerprint density at radius 3 is 2.33 bits per heavy atom. The smallest absolute Gasteiger partial charge is 0.243 e. The van der Waals surface area contributed by atoms with Crippen molar-refractivity contribution in [1.82, 2.24) is 20.9 Å². The monoisotopic (exact) mass is 701 g/mol. The van der Waals surface area contributed by atoms with Crippen LogP contribution in [0.4, 0.5) is 0 Å². The third kappa shape index (κ3) is 12.9. The lowest BCUT2D eigenvalue weighted by molar-refractivity contribution is -0.133. The third-order valence-corrected chi connectivity index (χ3v) is 11.5. The van der Waals surface area contributed by atoms with Crippen LogP contribution in [0.25, 0.3) is 10.9 Å². The van der Waals surface area contributed by atoms with Crippen molar-refractivity contribution in [3.63, 3.8) is 0 Å². The molecular formula is C35H51N5O6S2. The minimum atomic E-state index is -1.07. The summed E-state index contributed by atoms with van der Waals surface area (Å²) in [5.41, 5.74) is 7.05. The number of carbonyl (C=O) groups excluding carboxylic acids is 6. The fraction of sp³-hybridized carbons (Fsp3) is 0.600. The summed E-state index contributed by atoms with van der Waals surface area (Å²) in [6.07, 6.45) is 6.56. The quantitative estimate of drug-likeness (QED) is 0.0878. The highest BCUT2D eigenvalue weighted by Crippen LogP contribution is 2.39. The Balaban J connectivity index is 1.69. The lowest BCUT2D eigenvalue weighted by atomic mass is 9.96. The van der Waals surface area contributed by atoms with Crippen LogP contribution in [-0.4, -0.2) is 69.3 Å². The number of H-pyrrole nitrogens is 1. The fourth-order valence-electron chi connectivity index (χ4n) is 5.76. The summed E-state index contributed by atoms with van der Waals surface area (Å²) in [6.45, 7) is 5.62. The molecule has 0 bridgehead atoms. The Hall–Kier alpha value is -3.32. The molecule has 48 heavy (non-hydrogen) atoms. The minimum Gasteiger partial charge on any atom is -0.370 e. The van der Waals surface area contributed by atoms with Gasteiger partial charge in [0.25, 0.3) is 0 Å². The normalized spacial score (nSPS) is 16.3. The maximum atomic E-state index is 13.7. The molecule has 4 amide bonds. The number of amides is 4. The predicted molar refractivity (Wildman–Crippen MR) is 192 cm³/mol. The SMILES string of the molecule is CCCC(=O)C(NC(=O)CCC(=O)C(Cc1c[nH]c2ccccc12)NC(=O)C(CCC(N)=O)NC(=O)CCCCC1CCSS1)C(C)C. The number of ketones is 2. The number of aromatic amines is 1. The molecule has 1 aromatic carbocycles. The average molecular weight is 702 g/mol. The Bertz CT molecular complexity index is 1410. The summed E-state index contributed by atoms with van der Waals surface area (Å²) in [6, 6.07) is 4.88. The number of unbranched alkanes of at least 4 members (excludes halogenated alkanes) is 1. The molecule has 2 heterocycles. The number of nitrogens with two attached hydrogens (primary N) is 1. The van der Waals surface area contributed by atoms with Crippen molar-refractivity contribution in [1.29, 1.82) is 0 Å². The number of para-hydroxylation sites is 1. The molecule has 3 rings (SSSR count). The van der Waals surface area contributed by atoms with Gasteiger partial charge in [-0.2, -0.15) is 0 Å².